The van der Waals surface area contributed by atoms with Crippen LogP contribution < -0.4 is 15.4 Å². The number of thiocarbonyl (C=S) groups is 1. The van der Waals surface area contributed by atoms with Gasteiger partial charge in [-0.05, 0) is 51.9 Å². The number of anilines is 1. The maximum atomic E-state index is 12.5. The fraction of sp³-hybridized carbons (Fsp3) is 0.500. The van der Waals surface area contributed by atoms with Crippen molar-refractivity contribution in [3.63, 3.8) is 0 Å². The van der Waals surface area contributed by atoms with Crippen LogP contribution in [0.5, 0.6) is 5.88 Å². The van der Waals surface area contributed by atoms with E-state index in [-0.39, 0.29) is 17.5 Å². The molecule has 0 unspecified atom stereocenters. The number of thioether (sulfide) groups is 1. The molecule has 0 bridgehead atoms. The Labute approximate surface area is 186 Å². The summed E-state index contributed by atoms with van der Waals surface area (Å²) in [6.07, 6.45) is 6.78. The highest BCUT2D eigenvalue weighted by molar-refractivity contribution is 7.99. The van der Waals surface area contributed by atoms with Crippen molar-refractivity contribution in [1.29, 1.82) is 0 Å². The number of aryl methyl sites for hydroxylation is 1. The monoisotopic (exact) mass is 448 g/mol. The standard InChI is InChI=1S/C20H28N6O2S2/c1-20(2,3)24-17(29)23-14-5-6-16(22-13-14)28-19(27)26-10-7-15(8-11-26)30-18-21-9-12-25(18)4/h5-6,9,12-13,15H,7-8,10-11H2,1-4H3,(H2,23,24,29). The molecule has 162 valence electrons. The van der Waals surface area contributed by atoms with Crippen LogP contribution in [0, 0.1) is 0 Å². The van der Waals surface area contributed by atoms with Crippen LogP contribution in [0.3, 0.4) is 0 Å². The second-order valence-corrected chi connectivity index (χ2v) is 9.88. The summed E-state index contributed by atoms with van der Waals surface area (Å²) in [4.78, 5) is 22.7. The number of carbonyl (C=O) groups is 1. The van der Waals surface area contributed by atoms with Crippen molar-refractivity contribution in [3.8, 4) is 5.88 Å². The molecule has 0 aliphatic carbocycles. The topological polar surface area (TPSA) is 84.3 Å². The summed E-state index contributed by atoms with van der Waals surface area (Å²) < 4.78 is 7.45. The van der Waals surface area contributed by atoms with Crippen LogP contribution in [-0.4, -0.2) is 54.5 Å². The van der Waals surface area contributed by atoms with Gasteiger partial charge in [0.1, 0.15) is 0 Å². The lowest BCUT2D eigenvalue weighted by Crippen LogP contribution is -2.42. The molecule has 1 aliphatic rings. The van der Waals surface area contributed by atoms with E-state index in [2.05, 4.69) is 20.6 Å². The SMILES string of the molecule is Cn1ccnc1SC1CCN(C(=O)Oc2ccc(NC(=S)NC(C)(C)C)cn2)CC1. The smallest absolute Gasteiger partial charge is 0.391 e. The van der Waals surface area contributed by atoms with E-state index in [9.17, 15) is 4.79 Å². The number of amides is 1. The van der Waals surface area contributed by atoms with Crippen molar-refractivity contribution in [1.82, 2.24) is 24.8 Å². The Balaban J connectivity index is 1.45. The van der Waals surface area contributed by atoms with Crippen molar-refractivity contribution in [2.75, 3.05) is 18.4 Å². The molecule has 0 aromatic carbocycles. The van der Waals surface area contributed by atoms with Gasteiger partial charge in [-0.2, -0.15) is 0 Å². The van der Waals surface area contributed by atoms with E-state index in [0.29, 0.717) is 23.5 Å². The van der Waals surface area contributed by atoms with Crippen molar-refractivity contribution >= 4 is 40.9 Å². The number of ether oxygens (including phenoxy) is 1. The number of pyridine rings is 1. The van der Waals surface area contributed by atoms with Crippen LogP contribution in [0.15, 0.2) is 35.9 Å². The van der Waals surface area contributed by atoms with Crippen LogP contribution in [0.4, 0.5) is 10.5 Å². The molecule has 10 heteroatoms. The van der Waals surface area contributed by atoms with Crippen LogP contribution in [0.25, 0.3) is 0 Å². The van der Waals surface area contributed by atoms with E-state index in [0.717, 1.165) is 23.7 Å². The van der Waals surface area contributed by atoms with E-state index in [1.807, 2.05) is 38.6 Å². The maximum Gasteiger partial charge on any atom is 0.416 e. The third kappa shape index (κ3) is 6.60. The fourth-order valence-corrected chi connectivity index (χ4v) is 4.46. The number of likely N-dealkylation sites (tertiary alicyclic amines) is 1. The summed E-state index contributed by atoms with van der Waals surface area (Å²) in [5.74, 6) is 0.268. The van der Waals surface area contributed by atoms with Gasteiger partial charge < -0.3 is 24.8 Å². The zero-order valence-corrected chi connectivity index (χ0v) is 19.3. The zero-order chi connectivity index (χ0) is 21.7. The fourth-order valence-electron chi connectivity index (χ4n) is 2.94. The minimum absolute atomic E-state index is 0.129. The van der Waals surface area contributed by atoms with Gasteiger partial charge in [0.2, 0.25) is 5.88 Å². The number of aromatic nitrogens is 3. The summed E-state index contributed by atoms with van der Waals surface area (Å²) in [6, 6.07) is 3.44. The molecular formula is C20H28N6O2S2. The van der Waals surface area contributed by atoms with E-state index < -0.39 is 0 Å². The first kappa shape index (κ1) is 22.4. The molecule has 3 rings (SSSR count). The predicted octanol–water partition coefficient (Wildman–Crippen LogP) is 3.66. The molecule has 1 fully saturated rings. The average Bonchev–Trinajstić information content (AvgIpc) is 3.07. The number of rotatable bonds is 4. The van der Waals surface area contributed by atoms with E-state index in [4.69, 9.17) is 17.0 Å². The first-order valence-corrected chi connectivity index (χ1v) is 11.1. The molecular weight excluding hydrogens is 420 g/mol. The normalized spacial score (nSPS) is 15.0. The summed E-state index contributed by atoms with van der Waals surface area (Å²) in [6.45, 7) is 7.41. The highest BCUT2D eigenvalue weighted by atomic mass is 32.2. The molecule has 0 atom stereocenters. The molecule has 0 saturated carbocycles. The number of carbonyl (C=O) groups excluding carboxylic acids is 1. The third-order valence-corrected chi connectivity index (χ3v) is 6.04. The molecule has 0 radical (unpaired) electrons. The summed E-state index contributed by atoms with van der Waals surface area (Å²) in [5.41, 5.74) is 0.597. The number of hydrogen-bond donors (Lipinski definition) is 2. The quantitative estimate of drug-likeness (QED) is 0.686. The average molecular weight is 449 g/mol. The van der Waals surface area contributed by atoms with Crippen LogP contribution in [-0.2, 0) is 7.05 Å². The molecule has 1 amide bonds. The highest BCUT2D eigenvalue weighted by Crippen LogP contribution is 2.29. The minimum Gasteiger partial charge on any atom is -0.391 e. The Morgan fingerprint density at radius 1 is 1.27 bits per heavy atom. The molecule has 30 heavy (non-hydrogen) atoms. The van der Waals surface area contributed by atoms with Crippen LogP contribution in [0.2, 0.25) is 0 Å². The Hall–Kier alpha value is -2.33. The zero-order valence-electron chi connectivity index (χ0n) is 17.7. The van der Waals surface area contributed by atoms with E-state index in [1.54, 1.807) is 41.2 Å². The van der Waals surface area contributed by atoms with Gasteiger partial charge in [-0.15, -0.1) is 0 Å². The van der Waals surface area contributed by atoms with E-state index in [1.165, 1.54) is 0 Å². The van der Waals surface area contributed by atoms with Crippen molar-refractivity contribution in [2.24, 2.45) is 7.05 Å². The predicted molar refractivity (Wildman–Crippen MR) is 123 cm³/mol. The second kappa shape index (κ2) is 9.65. The molecule has 1 saturated heterocycles. The number of nitrogens with one attached hydrogen (secondary N) is 2. The third-order valence-electron chi connectivity index (χ3n) is 4.42. The van der Waals surface area contributed by atoms with Crippen LogP contribution >= 0.6 is 24.0 Å². The van der Waals surface area contributed by atoms with Gasteiger partial charge in [0.15, 0.2) is 10.3 Å². The summed E-state index contributed by atoms with van der Waals surface area (Å²) in [5, 5.41) is 8.21. The lowest BCUT2D eigenvalue weighted by Gasteiger charge is -2.30. The number of imidazole rings is 1. The Morgan fingerprint density at radius 3 is 2.57 bits per heavy atom. The first-order chi connectivity index (χ1) is 14.2. The maximum absolute atomic E-state index is 12.5. The number of hydrogen-bond acceptors (Lipinski definition) is 6. The van der Waals surface area contributed by atoms with Gasteiger partial charge in [-0.25, -0.2) is 14.8 Å². The molecule has 0 spiro atoms. The Kier molecular flexibility index (Phi) is 7.19. The van der Waals surface area contributed by atoms with Crippen molar-refractivity contribution < 1.29 is 9.53 Å². The number of nitrogens with zero attached hydrogens (tertiary/aromatic N) is 4. The minimum atomic E-state index is -0.367. The lowest BCUT2D eigenvalue weighted by molar-refractivity contribution is 0.142. The summed E-state index contributed by atoms with van der Waals surface area (Å²) >= 11 is 7.04. The van der Waals surface area contributed by atoms with E-state index >= 15 is 0 Å². The molecule has 3 heterocycles. The summed E-state index contributed by atoms with van der Waals surface area (Å²) in [7, 11) is 1.99. The highest BCUT2D eigenvalue weighted by Gasteiger charge is 2.25. The molecule has 2 aromatic rings. The van der Waals surface area contributed by atoms with Crippen LogP contribution in [0.1, 0.15) is 33.6 Å². The van der Waals surface area contributed by atoms with Gasteiger partial charge >= 0.3 is 6.09 Å². The molecule has 2 N–H and O–H groups in total. The Morgan fingerprint density at radius 2 is 2.00 bits per heavy atom. The van der Waals surface area contributed by atoms with Gasteiger partial charge in [0, 0.05) is 49.4 Å². The largest absolute Gasteiger partial charge is 0.416 e. The first-order valence-electron chi connectivity index (χ1n) is 9.85. The van der Waals surface area contributed by atoms with Crippen molar-refractivity contribution in [3.05, 3.63) is 30.7 Å². The Bertz CT molecular complexity index is 870. The molecule has 2 aromatic heterocycles. The molecule has 1 aliphatic heterocycles. The number of piperidine rings is 1. The lowest BCUT2D eigenvalue weighted by atomic mass is 10.1. The molecule has 8 nitrogen and oxygen atoms in total. The second-order valence-electron chi connectivity index (χ2n) is 8.21. The van der Waals surface area contributed by atoms with Gasteiger partial charge in [0.05, 0.1) is 11.9 Å². The van der Waals surface area contributed by atoms with Gasteiger partial charge in [-0.3, -0.25) is 0 Å². The van der Waals surface area contributed by atoms with Crippen molar-refractivity contribution in [2.45, 2.75) is 49.6 Å². The van der Waals surface area contributed by atoms with Gasteiger partial charge in [-0.1, -0.05) is 11.8 Å². The van der Waals surface area contributed by atoms with Gasteiger partial charge in [0.25, 0.3) is 0 Å².